The molecule has 0 fully saturated rings. The van der Waals surface area contributed by atoms with Crippen molar-refractivity contribution in [2.75, 3.05) is 9.80 Å². The topological polar surface area (TPSA) is 10.9 Å². The van der Waals surface area contributed by atoms with Gasteiger partial charge in [0.05, 0.1) is 22.0 Å². The van der Waals surface area contributed by atoms with Crippen LogP contribution >= 0.6 is 0 Å². The van der Waals surface area contributed by atoms with Crippen molar-refractivity contribution in [3.05, 3.63) is 282 Å². The van der Waals surface area contributed by atoms with Crippen LogP contribution in [-0.2, 0) is 16.2 Å². The highest BCUT2D eigenvalue weighted by molar-refractivity contribution is 6.29. The molecule has 0 atom stereocenters. The third-order valence-corrected chi connectivity index (χ3v) is 17.4. The Balaban J connectivity index is 1.03. The second-order valence-corrected chi connectivity index (χ2v) is 24.0. The fourth-order valence-electron chi connectivity index (χ4n) is 13.7. The maximum Gasteiger partial charge on any atom is 0.123 e. The molecule has 5 heteroatoms. The van der Waals surface area contributed by atoms with E-state index >= 15 is 0 Å². The van der Waals surface area contributed by atoms with Gasteiger partial charge in [0.2, 0.25) is 0 Å². The van der Waals surface area contributed by atoms with Crippen molar-refractivity contribution in [2.24, 2.45) is 0 Å². The monoisotopic (exact) mass is 1040 g/mol. The van der Waals surface area contributed by atoms with Crippen molar-refractivity contribution in [3.8, 4) is 33.4 Å². The summed E-state index contributed by atoms with van der Waals surface area (Å²) in [6.45, 7) is 13.4. The van der Waals surface area contributed by atoms with Gasteiger partial charge in [0.15, 0.2) is 0 Å². The Morgan fingerprint density at radius 3 is 1.35 bits per heavy atom. The van der Waals surface area contributed by atoms with Gasteiger partial charge in [-0.15, -0.1) is 0 Å². The van der Waals surface area contributed by atoms with Crippen LogP contribution in [0.2, 0.25) is 0 Å². The van der Waals surface area contributed by atoms with Crippen LogP contribution in [0.25, 0.3) is 71.5 Å². The first kappa shape index (κ1) is 47.9. The summed E-state index contributed by atoms with van der Waals surface area (Å²) in [5.41, 5.74) is 22.9. The molecule has 0 unspecified atom stereocenters. The van der Waals surface area contributed by atoms with E-state index in [0.717, 1.165) is 45.3 Å². The molecule has 0 amide bonds. The minimum absolute atomic E-state index is 0.0112. The van der Waals surface area contributed by atoms with Gasteiger partial charge < -0.3 is 14.2 Å². The average Bonchev–Trinajstić information content (AvgIpc) is 1.93. The van der Waals surface area contributed by atoms with Crippen LogP contribution in [-0.4, -0.2) is 4.40 Å². The summed E-state index contributed by atoms with van der Waals surface area (Å²) < 4.78 is 32.1. The largest absolute Gasteiger partial charge is 0.311 e. The Morgan fingerprint density at radius 1 is 0.350 bits per heavy atom. The molecule has 80 heavy (non-hydrogen) atoms. The number of halogens is 2. The van der Waals surface area contributed by atoms with Crippen LogP contribution in [0.5, 0.6) is 0 Å². The maximum absolute atomic E-state index is 14.9. The maximum atomic E-state index is 14.9. The molecule has 0 saturated carbocycles. The molecular weight excluding hydrogens is 981 g/mol. The van der Waals surface area contributed by atoms with Gasteiger partial charge in [-0.25, -0.2) is 8.78 Å². The minimum Gasteiger partial charge on any atom is -0.311 e. The molecule has 2 aromatic heterocycles. The molecule has 13 aromatic rings. The van der Waals surface area contributed by atoms with Gasteiger partial charge in [0.25, 0.3) is 0 Å². The number of anilines is 6. The Labute approximate surface area is 465 Å². The first-order chi connectivity index (χ1) is 38.8. The number of rotatable bonds is 7. The van der Waals surface area contributed by atoms with Gasteiger partial charge in [-0.2, -0.15) is 0 Å². The molecule has 386 valence electrons. The fraction of sp³-hybridized carbons (Fsp3) is 0.120. The normalized spacial score (nSPS) is 13.3. The highest BCUT2D eigenvalue weighted by Gasteiger charge is 2.53. The minimum atomic E-state index is -0.739. The van der Waals surface area contributed by atoms with E-state index in [4.69, 9.17) is 0 Å². The summed E-state index contributed by atoms with van der Waals surface area (Å²) in [6, 6.07) is 83.5. The van der Waals surface area contributed by atoms with Gasteiger partial charge in [-0.1, -0.05) is 169 Å². The summed E-state index contributed by atoms with van der Waals surface area (Å²) in [4.78, 5) is 4.49. The second kappa shape index (κ2) is 17.3. The van der Waals surface area contributed by atoms with Crippen molar-refractivity contribution in [1.29, 1.82) is 0 Å². The van der Waals surface area contributed by atoms with Crippen molar-refractivity contribution in [2.45, 2.75) is 57.8 Å². The molecule has 0 aliphatic heterocycles. The molecule has 0 saturated heterocycles. The van der Waals surface area contributed by atoms with Crippen molar-refractivity contribution < 1.29 is 8.78 Å². The smallest absolute Gasteiger partial charge is 0.123 e. The quantitative estimate of drug-likeness (QED) is 0.158. The average molecular weight is 1040 g/mol. The summed E-state index contributed by atoms with van der Waals surface area (Å²) in [7, 11) is 0. The van der Waals surface area contributed by atoms with Crippen LogP contribution < -0.4 is 9.80 Å². The van der Waals surface area contributed by atoms with Crippen LogP contribution in [0.15, 0.2) is 237 Å². The van der Waals surface area contributed by atoms with E-state index in [9.17, 15) is 8.78 Å². The predicted molar refractivity (Wildman–Crippen MR) is 330 cm³/mol. The molecule has 2 aliphatic rings. The lowest BCUT2D eigenvalue weighted by molar-refractivity contribution is 0.590. The zero-order chi connectivity index (χ0) is 54.4. The molecular formula is C75H57F2N3. The summed E-state index contributed by atoms with van der Waals surface area (Å²) in [5.74, 6) is -0.548. The number of para-hydroxylation sites is 2. The first-order valence-electron chi connectivity index (χ1n) is 27.8. The highest BCUT2D eigenvalue weighted by atomic mass is 19.1. The molecule has 2 aliphatic carbocycles. The molecule has 1 spiro atoms. The molecule has 3 nitrogen and oxygen atoms in total. The lowest BCUT2D eigenvalue weighted by Crippen LogP contribution is -2.26. The van der Waals surface area contributed by atoms with Gasteiger partial charge in [-0.05, 0) is 181 Å². The third kappa shape index (κ3) is 6.96. The third-order valence-electron chi connectivity index (χ3n) is 17.4. The molecule has 11 aromatic carbocycles. The fourth-order valence-corrected chi connectivity index (χ4v) is 13.7. The van der Waals surface area contributed by atoms with Gasteiger partial charge >= 0.3 is 0 Å². The standard InChI is InChI=1S/C75H57F2N3/c1-73(2,3)47-24-34-52(35-25-47)78(54-38-28-49(76)29-39-54)51-32-22-46(23-33-51)63-45-67-70(72-69(63)62-18-13-17-60-59-16-9-12-21-68(59)80(72)71(60)62)61-43-42-56(44-66(61)75(67)64-19-10-7-14-57(64)58-15-8-11-20-65(58)75)79(55-40-30-50(77)31-41-55)53-36-26-48(27-37-53)74(4,5)6/h7-45H,1-6H3. The number of hydrogen-bond donors (Lipinski definition) is 0. The summed E-state index contributed by atoms with van der Waals surface area (Å²) in [6.07, 6.45) is 0. The van der Waals surface area contributed by atoms with E-state index in [1.54, 1.807) is 12.1 Å². The number of nitrogens with zero attached hydrogens (tertiary/aromatic N) is 3. The van der Waals surface area contributed by atoms with Crippen molar-refractivity contribution in [1.82, 2.24) is 4.40 Å². The lowest BCUT2D eigenvalue weighted by atomic mass is 9.70. The number of benzene rings is 11. The lowest BCUT2D eigenvalue weighted by Gasteiger charge is -2.32. The van der Waals surface area contributed by atoms with Crippen LogP contribution in [0, 0.1) is 11.6 Å². The van der Waals surface area contributed by atoms with E-state index < -0.39 is 5.41 Å². The highest BCUT2D eigenvalue weighted by Crippen LogP contribution is 2.66. The summed E-state index contributed by atoms with van der Waals surface area (Å²) in [5, 5.41) is 4.86. The number of aromatic nitrogens is 1. The van der Waals surface area contributed by atoms with E-state index in [-0.39, 0.29) is 22.5 Å². The van der Waals surface area contributed by atoms with Gasteiger partial charge in [-0.3, -0.25) is 0 Å². The zero-order valence-electron chi connectivity index (χ0n) is 45.6. The number of hydrogen-bond acceptors (Lipinski definition) is 2. The molecule has 2 heterocycles. The molecule has 0 N–H and O–H groups in total. The number of fused-ring (bicyclic) bond motifs is 17. The Morgan fingerprint density at radius 2 is 0.800 bits per heavy atom. The van der Waals surface area contributed by atoms with E-state index in [1.807, 2.05) is 24.3 Å². The van der Waals surface area contributed by atoms with E-state index in [2.05, 4.69) is 244 Å². The first-order valence-corrected chi connectivity index (χ1v) is 27.8. The van der Waals surface area contributed by atoms with Gasteiger partial charge in [0, 0.05) is 61.2 Å². The molecule has 0 radical (unpaired) electrons. The Kier molecular flexibility index (Phi) is 10.4. The SMILES string of the molecule is CC(C)(C)c1ccc(N(c2ccc(F)cc2)c2ccc(-c3cc4c(c5c3c3cccc6c7ccccc7n5c63)-c3ccc(N(c5ccc(F)cc5)c5ccc(C(C)(C)C)cc5)cc3C43c4ccccc4-c4ccccc43)cc2)cc1. The second-order valence-electron chi connectivity index (χ2n) is 24.0. The van der Waals surface area contributed by atoms with Crippen LogP contribution in [0.4, 0.5) is 42.9 Å². The van der Waals surface area contributed by atoms with Crippen molar-refractivity contribution >= 4 is 72.2 Å². The van der Waals surface area contributed by atoms with Crippen molar-refractivity contribution in [3.63, 3.8) is 0 Å². The molecule has 0 bridgehead atoms. The van der Waals surface area contributed by atoms with E-state index in [1.165, 1.54) is 106 Å². The Bertz CT molecular complexity index is 4550. The van der Waals surface area contributed by atoms with Crippen LogP contribution in [0.3, 0.4) is 0 Å². The summed E-state index contributed by atoms with van der Waals surface area (Å²) >= 11 is 0. The Hall–Kier alpha value is -9.32. The van der Waals surface area contributed by atoms with E-state index in [0.29, 0.717) is 0 Å². The predicted octanol–water partition coefficient (Wildman–Crippen LogP) is 20.7. The van der Waals surface area contributed by atoms with Crippen LogP contribution in [0.1, 0.15) is 74.9 Å². The van der Waals surface area contributed by atoms with Gasteiger partial charge in [0.1, 0.15) is 11.6 Å². The molecule has 15 rings (SSSR count). The zero-order valence-corrected chi connectivity index (χ0v) is 45.6.